The maximum Gasteiger partial charge on any atom is 0.253 e. The number of anilines is 1. The molecule has 2 amide bonds. The standard InChI is InChI=1S/C21H25ClN4O3/c1-15(2)29-19-7-6-16(13-23-19)21(28)24-14-20(27)26-10-8-25(9-11-26)18-5-3-4-17(22)12-18/h3-7,12-13,15H,8-11,14H2,1-2H3,(H,24,28). The van der Waals surface area contributed by atoms with E-state index in [4.69, 9.17) is 16.3 Å². The smallest absolute Gasteiger partial charge is 0.253 e. The predicted octanol–water partition coefficient (Wildman–Crippen LogP) is 2.60. The molecule has 1 aromatic heterocycles. The van der Waals surface area contributed by atoms with E-state index >= 15 is 0 Å². The van der Waals surface area contributed by atoms with Crippen LogP contribution in [0.15, 0.2) is 42.6 Å². The molecule has 1 N–H and O–H groups in total. The Morgan fingerprint density at radius 1 is 1.17 bits per heavy atom. The highest BCUT2D eigenvalue weighted by atomic mass is 35.5. The lowest BCUT2D eigenvalue weighted by atomic mass is 10.2. The van der Waals surface area contributed by atoms with Gasteiger partial charge in [0.15, 0.2) is 0 Å². The molecule has 1 aromatic carbocycles. The van der Waals surface area contributed by atoms with E-state index in [1.165, 1.54) is 6.20 Å². The zero-order chi connectivity index (χ0) is 20.8. The van der Waals surface area contributed by atoms with Gasteiger partial charge in [0.25, 0.3) is 5.91 Å². The number of benzene rings is 1. The molecule has 1 saturated heterocycles. The van der Waals surface area contributed by atoms with Crippen LogP contribution in [0.5, 0.6) is 5.88 Å². The number of carbonyl (C=O) groups excluding carboxylic acids is 2. The van der Waals surface area contributed by atoms with Crippen LogP contribution in [0.4, 0.5) is 5.69 Å². The van der Waals surface area contributed by atoms with Gasteiger partial charge in [0.05, 0.1) is 18.2 Å². The lowest BCUT2D eigenvalue weighted by Gasteiger charge is -2.36. The second kappa shape index (κ2) is 9.60. The Bertz CT molecular complexity index is 849. The number of carbonyl (C=O) groups is 2. The first-order chi connectivity index (χ1) is 13.9. The fraction of sp³-hybridized carbons (Fsp3) is 0.381. The third-order valence-corrected chi connectivity index (χ3v) is 4.80. The first-order valence-electron chi connectivity index (χ1n) is 9.61. The zero-order valence-corrected chi connectivity index (χ0v) is 17.4. The maximum absolute atomic E-state index is 12.4. The van der Waals surface area contributed by atoms with Crippen molar-refractivity contribution in [2.45, 2.75) is 20.0 Å². The third kappa shape index (κ3) is 5.84. The molecule has 0 radical (unpaired) electrons. The monoisotopic (exact) mass is 416 g/mol. The summed E-state index contributed by atoms with van der Waals surface area (Å²) in [6.45, 7) is 6.42. The van der Waals surface area contributed by atoms with E-state index in [-0.39, 0.29) is 24.5 Å². The molecule has 0 unspecified atom stereocenters. The Labute approximate surface area is 175 Å². The van der Waals surface area contributed by atoms with E-state index in [2.05, 4.69) is 15.2 Å². The summed E-state index contributed by atoms with van der Waals surface area (Å²) in [6, 6.07) is 11.0. The van der Waals surface area contributed by atoms with E-state index in [0.29, 0.717) is 29.6 Å². The fourth-order valence-corrected chi connectivity index (χ4v) is 3.27. The summed E-state index contributed by atoms with van der Waals surface area (Å²) in [5.41, 5.74) is 1.44. The van der Waals surface area contributed by atoms with Crippen molar-refractivity contribution in [3.8, 4) is 5.88 Å². The minimum absolute atomic E-state index is 0.0131. The van der Waals surface area contributed by atoms with Gasteiger partial charge in [-0.05, 0) is 38.1 Å². The molecule has 0 bridgehead atoms. The second-order valence-corrected chi connectivity index (χ2v) is 7.52. The molecule has 8 heteroatoms. The van der Waals surface area contributed by atoms with Gasteiger partial charge in [-0.25, -0.2) is 4.98 Å². The molecule has 0 atom stereocenters. The highest BCUT2D eigenvalue weighted by molar-refractivity contribution is 6.30. The van der Waals surface area contributed by atoms with Crippen molar-refractivity contribution in [1.29, 1.82) is 0 Å². The Morgan fingerprint density at radius 3 is 2.55 bits per heavy atom. The summed E-state index contributed by atoms with van der Waals surface area (Å²) < 4.78 is 5.46. The van der Waals surface area contributed by atoms with Crippen molar-refractivity contribution in [2.24, 2.45) is 0 Å². The molecule has 2 aromatic rings. The van der Waals surface area contributed by atoms with Gasteiger partial charge in [-0.15, -0.1) is 0 Å². The number of pyridine rings is 1. The maximum atomic E-state index is 12.4. The predicted molar refractivity (Wildman–Crippen MR) is 113 cm³/mol. The summed E-state index contributed by atoms with van der Waals surface area (Å²) in [5.74, 6) is 0.0292. The van der Waals surface area contributed by atoms with Crippen molar-refractivity contribution in [3.63, 3.8) is 0 Å². The number of nitrogens with zero attached hydrogens (tertiary/aromatic N) is 3. The molecule has 0 aliphatic carbocycles. The molecule has 1 aliphatic rings. The largest absolute Gasteiger partial charge is 0.475 e. The Morgan fingerprint density at radius 2 is 1.93 bits per heavy atom. The van der Waals surface area contributed by atoms with E-state index in [0.717, 1.165) is 18.8 Å². The first-order valence-corrected chi connectivity index (χ1v) is 9.99. The lowest BCUT2D eigenvalue weighted by molar-refractivity contribution is -0.130. The van der Waals surface area contributed by atoms with Crippen LogP contribution in [-0.2, 0) is 4.79 Å². The number of piperazine rings is 1. The van der Waals surface area contributed by atoms with E-state index in [1.54, 1.807) is 17.0 Å². The highest BCUT2D eigenvalue weighted by Gasteiger charge is 2.22. The Kier molecular flexibility index (Phi) is 6.93. The van der Waals surface area contributed by atoms with Gasteiger partial charge in [-0.1, -0.05) is 17.7 Å². The number of rotatable bonds is 6. The average Bonchev–Trinajstić information content (AvgIpc) is 2.72. The van der Waals surface area contributed by atoms with Crippen molar-refractivity contribution in [2.75, 3.05) is 37.6 Å². The summed E-state index contributed by atoms with van der Waals surface area (Å²) >= 11 is 6.05. The molecular weight excluding hydrogens is 392 g/mol. The number of aromatic nitrogens is 1. The van der Waals surface area contributed by atoms with E-state index in [1.807, 2.05) is 38.1 Å². The van der Waals surface area contributed by atoms with Crippen LogP contribution in [0.1, 0.15) is 24.2 Å². The molecule has 3 rings (SSSR count). The molecule has 154 valence electrons. The number of hydrogen-bond acceptors (Lipinski definition) is 5. The number of hydrogen-bond donors (Lipinski definition) is 1. The van der Waals surface area contributed by atoms with Crippen LogP contribution in [0, 0.1) is 0 Å². The molecular formula is C21H25ClN4O3. The first kappa shape index (κ1) is 20.9. The third-order valence-electron chi connectivity index (χ3n) is 4.56. The van der Waals surface area contributed by atoms with Gasteiger partial charge < -0.3 is 19.9 Å². The molecule has 2 heterocycles. The van der Waals surface area contributed by atoms with Crippen molar-refractivity contribution < 1.29 is 14.3 Å². The van der Waals surface area contributed by atoms with Crippen molar-refractivity contribution in [1.82, 2.24) is 15.2 Å². The van der Waals surface area contributed by atoms with Crippen LogP contribution in [0.2, 0.25) is 5.02 Å². The molecule has 1 fully saturated rings. The molecule has 0 spiro atoms. The SMILES string of the molecule is CC(C)Oc1ccc(C(=O)NCC(=O)N2CCN(c3cccc(Cl)c3)CC2)cn1. The zero-order valence-electron chi connectivity index (χ0n) is 16.6. The molecule has 1 aliphatic heterocycles. The summed E-state index contributed by atoms with van der Waals surface area (Å²) in [6.07, 6.45) is 1.46. The molecule has 29 heavy (non-hydrogen) atoms. The topological polar surface area (TPSA) is 74.8 Å². The van der Waals surface area contributed by atoms with Crippen LogP contribution in [0.3, 0.4) is 0 Å². The lowest BCUT2D eigenvalue weighted by Crippen LogP contribution is -2.51. The summed E-state index contributed by atoms with van der Waals surface area (Å²) in [4.78, 5) is 32.8. The average molecular weight is 417 g/mol. The Hall–Kier alpha value is -2.80. The van der Waals surface area contributed by atoms with Gasteiger partial charge in [-0.2, -0.15) is 0 Å². The molecule has 7 nitrogen and oxygen atoms in total. The van der Waals surface area contributed by atoms with Crippen LogP contribution < -0.4 is 15.0 Å². The minimum atomic E-state index is -0.334. The quantitative estimate of drug-likeness (QED) is 0.783. The van der Waals surface area contributed by atoms with E-state index in [9.17, 15) is 9.59 Å². The minimum Gasteiger partial charge on any atom is -0.475 e. The number of amides is 2. The van der Waals surface area contributed by atoms with Crippen molar-refractivity contribution in [3.05, 3.63) is 53.2 Å². The fourth-order valence-electron chi connectivity index (χ4n) is 3.08. The summed E-state index contributed by atoms with van der Waals surface area (Å²) in [5, 5.41) is 3.36. The Balaban J connectivity index is 1.45. The second-order valence-electron chi connectivity index (χ2n) is 7.08. The van der Waals surface area contributed by atoms with Crippen LogP contribution >= 0.6 is 11.6 Å². The van der Waals surface area contributed by atoms with Gasteiger partial charge >= 0.3 is 0 Å². The van der Waals surface area contributed by atoms with Gasteiger partial charge in [-0.3, -0.25) is 9.59 Å². The van der Waals surface area contributed by atoms with Gasteiger partial charge in [0.1, 0.15) is 0 Å². The van der Waals surface area contributed by atoms with Gasteiger partial charge in [0, 0.05) is 49.2 Å². The molecule has 0 saturated carbocycles. The normalized spacial score (nSPS) is 14.1. The van der Waals surface area contributed by atoms with Crippen LogP contribution in [0.25, 0.3) is 0 Å². The van der Waals surface area contributed by atoms with Gasteiger partial charge in [0.2, 0.25) is 11.8 Å². The number of nitrogens with one attached hydrogen (secondary N) is 1. The number of halogens is 1. The summed E-state index contributed by atoms with van der Waals surface area (Å²) in [7, 11) is 0. The van der Waals surface area contributed by atoms with Crippen LogP contribution in [-0.4, -0.2) is 60.5 Å². The number of ether oxygens (including phenoxy) is 1. The highest BCUT2D eigenvalue weighted by Crippen LogP contribution is 2.20. The van der Waals surface area contributed by atoms with E-state index < -0.39 is 0 Å². The van der Waals surface area contributed by atoms with Crippen molar-refractivity contribution >= 4 is 29.1 Å².